The van der Waals surface area contributed by atoms with Crippen molar-refractivity contribution in [1.29, 1.82) is 5.26 Å². The predicted molar refractivity (Wildman–Crippen MR) is 114 cm³/mol. The molecule has 0 fully saturated rings. The fourth-order valence-corrected chi connectivity index (χ4v) is 3.42. The lowest BCUT2D eigenvalue weighted by molar-refractivity contribution is 0.863. The van der Waals surface area contributed by atoms with Crippen molar-refractivity contribution in [1.82, 2.24) is 19.7 Å². The van der Waals surface area contributed by atoms with Gasteiger partial charge in [-0.2, -0.15) is 10.4 Å². The van der Waals surface area contributed by atoms with Crippen LogP contribution >= 0.6 is 11.6 Å². The first-order valence-corrected chi connectivity index (χ1v) is 9.29. The van der Waals surface area contributed by atoms with Crippen LogP contribution in [-0.4, -0.2) is 19.7 Å². The van der Waals surface area contributed by atoms with Crippen molar-refractivity contribution in [2.24, 2.45) is 0 Å². The summed E-state index contributed by atoms with van der Waals surface area (Å²) in [4.78, 5) is 19.6. The fourth-order valence-electron chi connectivity index (χ4n) is 3.09. The lowest BCUT2D eigenvalue weighted by Gasteiger charge is -2.04. The van der Waals surface area contributed by atoms with Gasteiger partial charge < -0.3 is 4.98 Å². The number of benzene rings is 2. The number of fused-ring (bicyclic) bond motifs is 1. The number of rotatable bonds is 3. The second-order valence-electron chi connectivity index (χ2n) is 6.64. The molecule has 0 saturated carbocycles. The van der Waals surface area contributed by atoms with Crippen LogP contribution in [0.5, 0.6) is 0 Å². The number of aromatic nitrogens is 4. The molecule has 0 aliphatic carbocycles. The molecule has 2 heterocycles. The molecule has 2 aromatic heterocycles. The fraction of sp³-hybridized carbons (Fsp3) is 0.0909. The van der Waals surface area contributed by atoms with Gasteiger partial charge in [0.05, 0.1) is 27.9 Å². The highest BCUT2D eigenvalue weighted by atomic mass is 35.5. The van der Waals surface area contributed by atoms with Gasteiger partial charge in [0.1, 0.15) is 11.2 Å². The molecular formula is C22H16ClN5O. The molecule has 4 rings (SSSR count). The maximum Gasteiger partial charge on any atom is 0.259 e. The van der Waals surface area contributed by atoms with Crippen molar-refractivity contribution in [2.45, 2.75) is 13.8 Å². The van der Waals surface area contributed by atoms with Gasteiger partial charge in [-0.05, 0) is 44.2 Å². The maximum atomic E-state index is 12.5. The normalized spacial score (nSPS) is 11.6. The van der Waals surface area contributed by atoms with E-state index in [1.807, 2.05) is 50.2 Å². The highest BCUT2D eigenvalue weighted by Gasteiger charge is 2.16. The number of hydrogen-bond donors (Lipinski definition) is 1. The number of nitrogens with zero attached hydrogens (tertiary/aromatic N) is 4. The van der Waals surface area contributed by atoms with E-state index >= 15 is 0 Å². The van der Waals surface area contributed by atoms with Crippen molar-refractivity contribution in [3.05, 3.63) is 86.7 Å². The van der Waals surface area contributed by atoms with Gasteiger partial charge >= 0.3 is 0 Å². The average molecular weight is 402 g/mol. The largest absolute Gasteiger partial charge is 0.305 e. The quantitative estimate of drug-likeness (QED) is 0.514. The molecule has 0 saturated heterocycles. The van der Waals surface area contributed by atoms with Crippen LogP contribution in [0.4, 0.5) is 0 Å². The molecule has 1 N–H and O–H groups in total. The number of aryl methyl sites for hydroxylation is 2. The van der Waals surface area contributed by atoms with Gasteiger partial charge in [-0.3, -0.25) is 4.79 Å². The standard InChI is InChI=1S/C22H16ClN5O/c1-13-8-9-19-18(10-13)22(29)26-21(25-19)15(12-24)11-17-14(2)27-28(20(17)23)16-6-4-3-5-7-16/h3-11H,1-2H3,(H,25,26,29). The molecule has 29 heavy (non-hydrogen) atoms. The minimum atomic E-state index is -0.294. The van der Waals surface area contributed by atoms with E-state index in [1.54, 1.807) is 22.9 Å². The Balaban J connectivity index is 1.85. The number of nitrogens with one attached hydrogen (secondary N) is 1. The Morgan fingerprint density at radius 1 is 1.21 bits per heavy atom. The number of nitriles is 1. The van der Waals surface area contributed by atoms with Gasteiger partial charge in [-0.15, -0.1) is 0 Å². The molecule has 0 aliphatic heterocycles. The Kier molecular flexibility index (Phi) is 4.75. The van der Waals surface area contributed by atoms with E-state index in [4.69, 9.17) is 11.6 Å². The molecule has 0 radical (unpaired) electrons. The van der Waals surface area contributed by atoms with Crippen molar-refractivity contribution in [3.63, 3.8) is 0 Å². The Labute approximate surface area is 171 Å². The zero-order chi connectivity index (χ0) is 20.5. The highest BCUT2D eigenvalue weighted by molar-refractivity contribution is 6.31. The van der Waals surface area contributed by atoms with Gasteiger partial charge in [-0.1, -0.05) is 41.4 Å². The number of aromatic amines is 1. The predicted octanol–water partition coefficient (Wildman–Crippen LogP) is 4.44. The van der Waals surface area contributed by atoms with Crippen LogP contribution < -0.4 is 5.56 Å². The van der Waals surface area contributed by atoms with Crippen LogP contribution in [0.15, 0.2) is 53.3 Å². The van der Waals surface area contributed by atoms with Crippen LogP contribution in [0.1, 0.15) is 22.6 Å². The molecule has 0 aliphatic rings. The Morgan fingerprint density at radius 2 is 1.97 bits per heavy atom. The molecule has 6 nitrogen and oxygen atoms in total. The van der Waals surface area contributed by atoms with Crippen LogP contribution in [0.2, 0.25) is 5.15 Å². The average Bonchev–Trinajstić information content (AvgIpc) is 3.01. The second-order valence-corrected chi connectivity index (χ2v) is 7.00. The summed E-state index contributed by atoms with van der Waals surface area (Å²) >= 11 is 6.55. The lowest BCUT2D eigenvalue weighted by atomic mass is 10.1. The Morgan fingerprint density at radius 3 is 2.69 bits per heavy atom. The highest BCUT2D eigenvalue weighted by Crippen LogP contribution is 2.27. The van der Waals surface area contributed by atoms with Crippen LogP contribution in [0, 0.1) is 25.2 Å². The van der Waals surface area contributed by atoms with Crippen LogP contribution in [0.25, 0.3) is 28.2 Å². The maximum absolute atomic E-state index is 12.5. The summed E-state index contributed by atoms with van der Waals surface area (Å²) in [6, 6.07) is 17.0. The zero-order valence-electron chi connectivity index (χ0n) is 15.8. The molecule has 7 heteroatoms. The third-order valence-electron chi connectivity index (χ3n) is 4.57. The summed E-state index contributed by atoms with van der Waals surface area (Å²) in [5.41, 5.74) is 3.46. The van der Waals surface area contributed by atoms with Crippen LogP contribution in [-0.2, 0) is 0 Å². The molecule has 142 valence electrons. The lowest BCUT2D eigenvalue weighted by Crippen LogP contribution is -2.11. The second kappa shape index (κ2) is 7.38. The minimum absolute atomic E-state index is 0.191. The first-order chi connectivity index (χ1) is 14.0. The third-order valence-corrected chi connectivity index (χ3v) is 4.94. The monoisotopic (exact) mass is 401 g/mol. The number of allylic oxidation sites excluding steroid dienone is 1. The number of para-hydroxylation sites is 1. The SMILES string of the molecule is Cc1ccc2nc(C(C#N)=Cc3c(C)nn(-c4ccccc4)c3Cl)[nH]c(=O)c2c1. The van der Waals surface area contributed by atoms with Gasteiger partial charge in [0.2, 0.25) is 0 Å². The molecule has 2 aromatic carbocycles. The van der Waals surface area contributed by atoms with E-state index in [0.29, 0.717) is 27.3 Å². The number of H-pyrrole nitrogens is 1. The molecule has 0 unspecified atom stereocenters. The number of hydrogen-bond acceptors (Lipinski definition) is 4. The van der Waals surface area contributed by atoms with E-state index in [1.165, 1.54) is 0 Å². The number of halogens is 1. The van der Waals surface area contributed by atoms with E-state index in [9.17, 15) is 10.1 Å². The molecule has 0 spiro atoms. The third kappa shape index (κ3) is 3.44. The van der Waals surface area contributed by atoms with E-state index in [0.717, 1.165) is 11.3 Å². The summed E-state index contributed by atoms with van der Waals surface area (Å²) < 4.78 is 1.61. The first-order valence-electron chi connectivity index (χ1n) is 8.91. The summed E-state index contributed by atoms with van der Waals surface area (Å²) in [6.45, 7) is 3.72. The van der Waals surface area contributed by atoms with Gasteiger partial charge in [0.25, 0.3) is 5.56 Å². The molecule has 0 amide bonds. The van der Waals surface area contributed by atoms with E-state index in [-0.39, 0.29) is 17.0 Å². The van der Waals surface area contributed by atoms with E-state index in [2.05, 4.69) is 21.1 Å². The van der Waals surface area contributed by atoms with E-state index < -0.39 is 0 Å². The molecular weight excluding hydrogens is 386 g/mol. The first kappa shape index (κ1) is 18.7. The summed E-state index contributed by atoms with van der Waals surface area (Å²) in [7, 11) is 0. The topological polar surface area (TPSA) is 87.4 Å². The molecule has 0 atom stereocenters. The summed E-state index contributed by atoms with van der Waals surface area (Å²) in [6.07, 6.45) is 1.60. The van der Waals surface area contributed by atoms with Crippen LogP contribution in [0.3, 0.4) is 0 Å². The Hall–Kier alpha value is -3.69. The summed E-state index contributed by atoms with van der Waals surface area (Å²) in [5.74, 6) is 0.191. The van der Waals surface area contributed by atoms with Gasteiger partial charge in [-0.25, -0.2) is 9.67 Å². The molecule has 4 aromatic rings. The summed E-state index contributed by atoms with van der Waals surface area (Å²) in [5, 5.41) is 15.0. The van der Waals surface area contributed by atoms with Gasteiger partial charge in [0, 0.05) is 5.56 Å². The molecule has 0 bridgehead atoms. The minimum Gasteiger partial charge on any atom is -0.305 e. The van der Waals surface area contributed by atoms with Crippen molar-refractivity contribution in [2.75, 3.05) is 0 Å². The smallest absolute Gasteiger partial charge is 0.259 e. The van der Waals surface area contributed by atoms with Crippen molar-refractivity contribution < 1.29 is 0 Å². The zero-order valence-corrected chi connectivity index (χ0v) is 16.5. The Bertz CT molecular complexity index is 1360. The van der Waals surface area contributed by atoms with Crippen molar-refractivity contribution in [3.8, 4) is 11.8 Å². The van der Waals surface area contributed by atoms with Crippen molar-refractivity contribution >= 4 is 34.2 Å². The van der Waals surface area contributed by atoms with Gasteiger partial charge in [0.15, 0.2) is 5.82 Å².